The number of hydrogen-bond acceptors (Lipinski definition) is 7. The van der Waals surface area contributed by atoms with Gasteiger partial charge in [-0.2, -0.15) is 5.10 Å². The van der Waals surface area contributed by atoms with Gasteiger partial charge in [0.15, 0.2) is 0 Å². The normalized spacial score (nSPS) is 27.4. The zero-order valence-electron chi connectivity index (χ0n) is 19.9. The quantitative estimate of drug-likeness (QED) is 0.454. The van der Waals surface area contributed by atoms with E-state index in [2.05, 4.69) is 10.2 Å². The van der Waals surface area contributed by atoms with E-state index in [-0.39, 0.29) is 11.8 Å². The Morgan fingerprint density at radius 1 is 1.09 bits per heavy atom. The Morgan fingerprint density at radius 2 is 1.61 bits per heavy atom. The molecule has 0 saturated heterocycles. The van der Waals surface area contributed by atoms with E-state index in [1.807, 2.05) is 0 Å². The number of aliphatic hydroxyl groups is 1. The molecule has 1 heterocycles. The predicted molar refractivity (Wildman–Crippen MR) is 123 cm³/mol. The van der Waals surface area contributed by atoms with Crippen LogP contribution in [-0.2, 0) is 24.7 Å². The number of nitrogens with one attached hydrogen (secondary N) is 1. The number of hydrogen-bond donors (Lipinski definition) is 3. The van der Waals surface area contributed by atoms with Gasteiger partial charge in [-0.15, -0.1) is 0 Å². The fourth-order valence-electron chi connectivity index (χ4n) is 5.24. The molecule has 4 N–H and O–H groups in total. The largest absolute Gasteiger partial charge is 0.458 e. The number of benzene rings is 1. The summed E-state index contributed by atoms with van der Waals surface area (Å²) < 4.78 is 11.1. The van der Waals surface area contributed by atoms with Crippen molar-refractivity contribution in [3.63, 3.8) is 0 Å². The van der Waals surface area contributed by atoms with Crippen LogP contribution in [-0.4, -0.2) is 44.0 Å². The number of rotatable bonds is 4. The molecule has 8 nitrogen and oxygen atoms in total. The SMILES string of the molecule is CC(C)(C)OC(=O)C(N)(C(=O)OC(C)(C)C)C1[C@H]2CC(O)(c3cc(Cl)cc4[nH]ncc34)C[C@@H]12. The van der Waals surface area contributed by atoms with Crippen LogP contribution in [0.25, 0.3) is 10.9 Å². The summed E-state index contributed by atoms with van der Waals surface area (Å²) in [6.45, 7) is 10.3. The molecule has 1 aromatic heterocycles. The Hall–Kier alpha value is -2.16. The van der Waals surface area contributed by atoms with Crippen molar-refractivity contribution < 1.29 is 24.2 Å². The van der Waals surface area contributed by atoms with Crippen LogP contribution < -0.4 is 5.73 Å². The topological polar surface area (TPSA) is 128 Å². The summed E-state index contributed by atoms with van der Waals surface area (Å²) in [5.74, 6) is -2.36. The Labute approximate surface area is 198 Å². The second kappa shape index (κ2) is 7.42. The monoisotopic (exact) mass is 477 g/mol. The van der Waals surface area contributed by atoms with Crippen molar-refractivity contribution in [2.75, 3.05) is 0 Å². The third-order valence-electron chi connectivity index (χ3n) is 6.50. The first kappa shape index (κ1) is 24.0. The molecule has 2 aromatic rings. The summed E-state index contributed by atoms with van der Waals surface area (Å²) in [6, 6.07) is 3.50. The van der Waals surface area contributed by atoms with Crippen molar-refractivity contribution in [2.45, 2.75) is 76.7 Å². The van der Waals surface area contributed by atoms with Crippen molar-refractivity contribution in [2.24, 2.45) is 23.5 Å². The van der Waals surface area contributed by atoms with Crippen molar-refractivity contribution >= 4 is 34.4 Å². The zero-order valence-corrected chi connectivity index (χ0v) is 20.6. The van der Waals surface area contributed by atoms with Crippen molar-refractivity contribution in [3.05, 3.63) is 28.9 Å². The van der Waals surface area contributed by atoms with Crippen LogP contribution in [0.2, 0.25) is 5.02 Å². The molecular formula is C24H32ClN3O5. The number of aromatic amines is 1. The first-order valence-electron chi connectivity index (χ1n) is 11.2. The van der Waals surface area contributed by atoms with E-state index >= 15 is 0 Å². The molecule has 2 unspecified atom stereocenters. The summed E-state index contributed by atoms with van der Waals surface area (Å²) in [6.07, 6.45) is 2.34. The summed E-state index contributed by atoms with van der Waals surface area (Å²) in [5.41, 5.74) is 3.22. The number of halogens is 1. The number of nitrogens with zero attached hydrogens (tertiary/aromatic N) is 1. The van der Waals surface area contributed by atoms with Crippen molar-refractivity contribution in [3.8, 4) is 0 Å². The minimum absolute atomic E-state index is 0.138. The van der Waals surface area contributed by atoms with Crippen LogP contribution in [0, 0.1) is 17.8 Å². The van der Waals surface area contributed by atoms with E-state index in [4.69, 9.17) is 26.8 Å². The van der Waals surface area contributed by atoms with Gasteiger partial charge in [0.1, 0.15) is 11.2 Å². The molecule has 0 amide bonds. The molecule has 0 spiro atoms. The molecule has 2 aliphatic carbocycles. The average Bonchev–Trinajstić information content (AvgIpc) is 3.00. The number of ether oxygens (including phenoxy) is 2. The van der Waals surface area contributed by atoms with Gasteiger partial charge in [-0.05, 0) is 83.9 Å². The molecule has 0 radical (unpaired) electrons. The summed E-state index contributed by atoms with van der Waals surface area (Å²) in [7, 11) is 0. The second-order valence-electron chi connectivity index (χ2n) is 11.5. The summed E-state index contributed by atoms with van der Waals surface area (Å²) >= 11 is 6.27. The van der Waals surface area contributed by atoms with Crippen molar-refractivity contribution in [1.82, 2.24) is 10.2 Å². The van der Waals surface area contributed by atoms with E-state index in [0.29, 0.717) is 23.4 Å². The summed E-state index contributed by atoms with van der Waals surface area (Å²) in [5, 5.41) is 19.8. The molecule has 33 heavy (non-hydrogen) atoms. The van der Waals surface area contributed by atoms with E-state index in [1.54, 1.807) is 59.9 Å². The highest BCUT2D eigenvalue weighted by molar-refractivity contribution is 6.31. The van der Waals surface area contributed by atoms with Gasteiger partial charge in [0.2, 0.25) is 5.54 Å². The Kier molecular flexibility index (Phi) is 5.39. The highest BCUT2D eigenvalue weighted by Gasteiger charge is 2.73. The van der Waals surface area contributed by atoms with Gasteiger partial charge < -0.3 is 20.3 Å². The maximum Gasteiger partial charge on any atom is 0.338 e. The minimum atomic E-state index is -1.95. The van der Waals surface area contributed by atoms with Gasteiger partial charge in [-0.3, -0.25) is 5.10 Å². The van der Waals surface area contributed by atoms with Gasteiger partial charge in [-0.1, -0.05) is 11.6 Å². The first-order valence-corrected chi connectivity index (χ1v) is 11.5. The average molecular weight is 478 g/mol. The number of aromatic nitrogens is 2. The predicted octanol–water partition coefficient (Wildman–Crippen LogP) is 3.44. The Balaban J connectivity index is 1.63. The van der Waals surface area contributed by atoms with E-state index < -0.39 is 40.2 Å². The number of esters is 2. The van der Waals surface area contributed by atoms with Gasteiger partial charge in [-0.25, -0.2) is 9.59 Å². The number of carbonyl (C=O) groups is 2. The van der Waals surface area contributed by atoms with Crippen LogP contribution in [0.15, 0.2) is 18.3 Å². The number of nitrogens with two attached hydrogens (primary N) is 1. The van der Waals surface area contributed by atoms with Crippen LogP contribution in [0.3, 0.4) is 0 Å². The highest BCUT2D eigenvalue weighted by atomic mass is 35.5. The number of carbonyl (C=O) groups excluding carboxylic acids is 2. The Bertz CT molecular complexity index is 1070. The van der Waals surface area contributed by atoms with Gasteiger partial charge in [0.05, 0.1) is 17.3 Å². The molecule has 0 aliphatic heterocycles. The lowest BCUT2D eigenvalue weighted by molar-refractivity contribution is -0.179. The van der Waals surface area contributed by atoms with Crippen LogP contribution in [0.5, 0.6) is 0 Å². The number of fused-ring (bicyclic) bond motifs is 2. The molecule has 2 fully saturated rings. The lowest BCUT2D eigenvalue weighted by Crippen LogP contribution is -2.61. The van der Waals surface area contributed by atoms with E-state index in [1.165, 1.54) is 0 Å². The Morgan fingerprint density at radius 3 is 2.09 bits per heavy atom. The molecule has 9 heteroatoms. The molecule has 180 valence electrons. The smallest absolute Gasteiger partial charge is 0.338 e. The highest BCUT2D eigenvalue weighted by Crippen LogP contribution is 2.67. The third kappa shape index (κ3) is 4.24. The standard InChI is InChI=1S/C24H32ClN3O5/c1-21(2,3)32-19(29)24(26,20(30)33-22(4,5)6)18-13-9-23(31,10-14(13)18)16-7-12(25)8-17-15(16)11-27-28-17/h7-8,11,13-14,18,31H,9-10,26H2,1-6H3,(H,27,28)/t13-,14+,18?,23?. The van der Waals surface area contributed by atoms with E-state index in [9.17, 15) is 14.7 Å². The molecule has 4 atom stereocenters. The van der Waals surface area contributed by atoms with Gasteiger partial charge in [0, 0.05) is 16.3 Å². The minimum Gasteiger partial charge on any atom is -0.458 e. The fraction of sp³-hybridized carbons (Fsp3) is 0.625. The first-order chi connectivity index (χ1) is 15.1. The fourth-order valence-corrected chi connectivity index (χ4v) is 5.46. The molecule has 0 bridgehead atoms. The maximum atomic E-state index is 13.2. The van der Waals surface area contributed by atoms with Crippen LogP contribution >= 0.6 is 11.6 Å². The van der Waals surface area contributed by atoms with Gasteiger partial charge in [0.25, 0.3) is 0 Å². The van der Waals surface area contributed by atoms with Crippen molar-refractivity contribution in [1.29, 1.82) is 0 Å². The molecule has 2 aliphatic rings. The molecular weight excluding hydrogens is 446 g/mol. The second-order valence-corrected chi connectivity index (χ2v) is 11.9. The third-order valence-corrected chi connectivity index (χ3v) is 6.72. The van der Waals surface area contributed by atoms with Crippen LogP contribution in [0.4, 0.5) is 0 Å². The molecule has 1 aromatic carbocycles. The molecule has 2 saturated carbocycles. The maximum absolute atomic E-state index is 13.2. The lowest BCUT2D eigenvalue weighted by Gasteiger charge is -2.35. The van der Waals surface area contributed by atoms with E-state index in [0.717, 1.165) is 10.9 Å². The summed E-state index contributed by atoms with van der Waals surface area (Å²) in [4.78, 5) is 26.4. The lowest BCUT2D eigenvalue weighted by atomic mass is 9.80. The molecule has 4 rings (SSSR count). The van der Waals surface area contributed by atoms with Crippen LogP contribution in [0.1, 0.15) is 59.9 Å². The van der Waals surface area contributed by atoms with Gasteiger partial charge >= 0.3 is 11.9 Å². The zero-order chi connectivity index (χ0) is 24.6. The number of H-pyrrole nitrogens is 1.